The molecule has 1 heterocycles. The molecule has 9 heteroatoms. The van der Waals surface area contributed by atoms with Crippen LogP contribution in [0, 0.1) is 5.41 Å². The van der Waals surface area contributed by atoms with Crippen molar-refractivity contribution in [2.24, 2.45) is 10.4 Å². The molecule has 0 bridgehead atoms. The van der Waals surface area contributed by atoms with Crippen LogP contribution in [-0.4, -0.2) is 57.7 Å². The molecule has 1 fully saturated rings. The molecule has 3 N–H and O–H groups in total. The monoisotopic (exact) mass is 411 g/mol. The minimum Gasteiger partial charge on any atom is -0.433 e. The van der Waals surface area contributed by atoms with Gasteiger partial charge in [0.2, 0.25) is 5.91 Å². The summed E-state index contributed by atoms with van der Waals surface area (Å²) < 4.78 is 29.9. The first-order valence-corrected chi connectivity index (χ1v) is 9.75. The fraction of sp³-hybridized carbons (Fsp3) is 0.600. The Morgan fingerprint density at radius 3 is 2.62 bits per heavy atom. The Bertz CT molecular complexity index is 706. The van der Waals surface area contributed by atoms with E-state index in [4.69, 9.17) is 0 Å². The molecule has 162 valence electrons. The van der Waals surface area contributed by atoms with E-state index < -0.39 is 12.0 Å². The van der Waals surface area contributed by atoms with Gasteiger partial charge in [0.25, 0.3) is 0 Å². The van der Waals surface area contributed by atoms with Crippen LogP contribution in [-0.2, 0) is 4.79 Å². The van der Waals surface area contributed by atoms with Crippen LogP contribution in [0.5, 0.6) is 5.75 Å². The van der Waals surface area contributed by atoms with Crippen LogP contribution >= 0.6 is 0 Å². The molecule has 7 nitrogen and oxygen atoms in total. The second kappa shape index (κ2) is 10.3. The number of anilines is 1. The topological polar surface area (TPSA) is 78.0 Å². The van der Waals surface area contributed by atoms with Crippen LogP contribution in [0.15, 0.2) is 29.3 Å². The summed E-state index contributed by atoms with van der Waals surface area (Å²) in [4.78, 5) is 18.1. The summed E-state index contributed by atoms with van der Waals surface area (Å²) in [6.45, 7) is 5.15. The normalized spacial score (nSPS) is 17.4. The van der Waals surface area contributed by atoms with Crippen molar-refractivity contribution in [1.29, 1.82) is 0 Å². The maximum Gasteiger partial charge on any atom is 0.387 e. The van der Waals surface area contributed by atoms with Crippen molar-refractivity contribution in [1.82, 2.24) is 16.0 Å². The highest BCUT2D eigenvalue weighted by molar-refractivity contribution is 5.82. The number of benzene rings is 1. The molecule has 29 heavy (non-hydrogen) atoms. The number of carbonyl (C=O) groups excluding carboxylic acids is 1. The molecule has 1 atom stereocenters. The smallest absolute Gasteiger partial charge is 0.387 e. The Kier molecular flexibility index (Phi) is 8.04. The lowest BCUT2D eigenvalue weighted by Gasteiger charge is -2.22. The molecule has 0 aliphatic carbocycles. The van der Waals surface area contributed by atoms with Gasteiger partial charge in [0.05, 0.1) is 5.69 Å². The lowest BCUT2D eigenvalue weighted by molar-refractivity contribution is -0.128. The fourth-order valence-corrected chi connectivity index (χ4v) is 3.02. The van der Waals surface area contributed by atoms with E-state index in [9.17, 15) is 13.6 Å². The number of hydrogen-bond acceptors (Lipinski definition) is 4. The van der Waals surface area contributed by atoms with E-state index in [-0.39, 0.29) is 17.7 Å². The molecule has 1 amide bonds. The average Bonchev–Trinajstić information content (AvgIpc) is 3.11. The summed E-state index contributed by atoms with van der Waals surface area (Å²) >= 11 is 0. The molecule has 1 unspecified atom stereocenters. The number of carbonyl (C=O) groups is 1. The summed E-state index contributed by atoms with van der Waals surface area (Å²) in [7, 11) is 1.68. The third kappa shape index (κ3) is 7.07. The summed E-state index contributed by atoms with van der Waals surface area (Å²) in [5, 5.41) is 9.39. The van der Waals surface area contributed by atoms with Gasteiger partial charge in [0.1, 0.15) is 5.75 Å². The minimum atomic E-state index is -2.85. The summed E-state index contributed by atoms with van der Waals surface area (Å²) in [6.07, 6.45) is 0.838. The number of halogens is 2. The number of guanidine groups is 1. The molecule has 1 aliphatic heterocycles. The van der Waals surface area contributed by atoms with Gasteiger partial charge in [-0.15, -0.1) is 0 Å². The molecular weight excluding hydrogens is 380 g/mol. The van der Waals surface area contributed by atoms with Crippen LogP contribution < -0.4 is 25.6 Å². The molecule has 1 aromatic carbocycles. The van der Waals surface area contributed by atoms with E-state index in [0.29, 0.717) is 31.3 Å². The molecular formula is C20H31F2N5O2. The summed E-state index contributed by atoms with van der Waals surface area (Å²) in [5.41, 5.74) is 0.238. The zero-order valence-corrected chi connectivity index (χ0v) is 17.5. The fourth-order valence-electron chi connectivity index (χ4n) is 3.02. The first-order chi connectivity index (χ1) is 13.7. The van der Waals surface area contributed by atoms with Crippen molar-refractivity contribution < 1.29 is 18.3 Å². The number of rotatable bonds is 7. The SMILES string of the molecule is CN=C(NCCNC(=O)C(C)(C)C)NC1CCN(c2ccccc2OC(F)F)C1. The second-order valence-electron chi connectivity index (χ2n) is 7.93. The van der Waals surface area contributed by atoms with Crippen molar-refractivity contribution in [2.75, 3.05) is 38.1 Å². The Morgan fingerprint density at radius 2 is 1.97 bits per heavy atom. The van der Waals surface area contributed by atoms with Crippen molar-refractivity contribution in [3.63, 3.8) is 0 Å². The van der Waals surface area contributed by atoms with E-state index >= 15 is 0 Å². The highest BCUT2D eigenvalue weighted by Crippen LogP contribution is 2.31. The van der Waals surface area contributed by atoms with E-state index in [1.54, 1.807) is 31.3 Å². The van der Waals surface area contributed by atoms with Gasteiger partial charge in [0, 0.05) is 44.7 Å². The van der Waals surface area contributed by atoms with Gasteiger partial charge in [-0.05, 0) is 18.6 Å². The third-order valence-electron chi connectivity index (χ3n) is 4.56. The molecule has 0 radical (unpaired) electrons. The molecule has 1 aromatic rings. The zero-order valence-electron chi connectivity index (χ0n) is 17.5. The summed E-state index contributed by atoms with van der Waals surface area (Å²) in [6, 6.07) is 6.93. The Hall–Kier alpha value is -2.58. The van der Waals surface area contributed by atoms with Crippen molar-refractivity contribution in [2.45, 2.75) is 39.8 Å². The van der Waals surface area contributed by atoms with Gasteiger partial charge in [-0.2, -0.15) is 8.78 Å². The van der Waals surface area contributed by atoms with Gasteiger partial charge < -0.3 is 25.6 Å². The molecule has 1 saturated heterocycles. The number of hydrogen-bond donors (Lipinski definition) is 3. The number of aliphatic imine (C=N–C) groups is 1. The van der Waals surface area contributed by atoms with E-state index in [2.05, 4.69) is 25.7 Å². The van der Waals surface area contributed by atoms with Gasteiger partial charge in [-0.3, -0.25) is 9.79 Å². The van der Waals surface area contributed by atoms with Crippen LogP contribution in [0.2, 0.25) is 0 Å². The average molecular weight is 411 g/mol. The first-order valence-electron chi connectivity index (χ1n) is 9.75. The Morgan fingerprint density at radius 1 is 1.28 bits per heavy atom. The van der Waals surface area contributed by atoms with Crippen molar-refractivity contribution in [3.05, 3.63) is 24.3 Å². The lowest BCUT2D eigenvalue weighted by atomic mass is 9.96. The number of nitrogens with one attached hydrogen (secondary N) is 3. The van der Waals surface area contributed by atoms with Gasteiger partial charge in [0.15, 0.2) is 5.96 Å². The molecule has 2 rings (SSSR count). The lowest BCUT2D eigenvalue weighted by Crippen LogP contribution is -2.47. The predicted octanol–water partition coefficient (Wildman–Crippen LogP) is 2.19. The minimum absolute atomic E-state index is 0.00152. The highest BCUT2D eigenvalue weighted by atomic mass is 19.3. The molecule has 1 aliphatic rings. The Labute approximate surface area is 170 Å². The maximum atomic E-state index is 12.6. The molecule has 0 spiro atoms. The zero-order chi connectivity index (χ0) is 21.4. The first kappa shape index (κ1) is 22.7. The number of amides is 1. The van der Waals surface area contributed by atoms with Crippen LogP contribution in [0.25, 0.3) is 0 Å². The van der Waals surface area contributed by atoms with E-state index in [0.717, 1.165) is 13.0 Å². The van der Waals surface area contributed by atoms with Crippen molar-refractivity contribution >= 4 is 17.6 Å². The van der Waals surface area contributed by atoms with Crippen LogP contribution in [0.4, 0.5) is 14.5 Å². The standard InChI is InChI=1S/C20H31F2N5O2/c1-20(2,3)17(28)24-10-11-25-19(23-4)26-14-9-12-27(13-14)15-7-5-6-8-16(15)29-18(21)22/h5-8,14,18H,9-13H2,1-4H3,(H,24,28)(H2,23,25,26). The quantitative estimate of drug-likeness (QED) is 0.364. The molecule has 0 saturated carbocycles. The maximum absolute atomic E-state index is 12.6. The predicted molar refractivity (Wildman–Crippen MR) is 111 cm³/mol. The summed E-state index contributed by atoms with van der Waals surface area (Å²) in [5.74, 6) is 0.817. The Balaban J connectivity index is 1.82. The van der Waals surface area contributed by atoms with E-state index in [1.165, 1.54) is 0 Å². The highest BCUT2D eigenvalue weighted by Gasteiger charge is 2.26. The van der Waals surface area contributed by atoms with Gasteiger partial charge >= 0.3 is 6.61 Å². The van der Waals surface area contributed by atoms with Gasteiger partial charge in [-0.1, -0.05) is 32.9 Å². The largest absolute Gasteiger partial charge is 0.433 e. The number of nitrogens with zero attached hydrogens (tertiary/aromatic N) is 2. The van der Waals surface area contributed by atoms with Crippen LogP contribution in [0.1, 0.15) is 27.2 Å². The van der Waals surface area contributed by atoms with Crippen LogP contribution in [0.3, 0.4) is 0 Å². The van der Waals surface area contributed by atoms with Gasteiger partial charge in [-0.25, -0.2) is 0 Å². The van der Waals surface area contributed by atoms with E-state index in [1.807, 2.05) is 25.7 Å². The second-order valence-corrected chi connectivity index (χ2v) is 7.93. The number of ether oxygens (including phenoxy) is 1. The number of alkyl halides is 2. The van der Waals surface area contributed by atoms with Crippen molar-refractivity contribution in [3.8, 4) is 5.75 Å². The third-order valence-corrected chi connectivity index (χ3v) is 4.56. The molecule has 0 aromatic heterocycles. The number of para-hydroxylation sites is 2.